The largest absolute Gasteiger partial charge is 0.342 e. The van der Waals surface area contributed by atoms with Gasteiger partial charge in [-0.3, -0.25) is 9.59 Å². The number of aromatic nitrogens is 2. The normalized spacial score (nSPS) is 14.7. The number of amides is 2. The number of hydrogen-bond donors (Lipinski definition) is 0. The maximum absolute atomic E-state index is 12.5. The Morgan fingerprint density at radius 2 is 1.70 bits per heavy atom. The van der Waals surface area contributed by atoms with Gasteiger partial charge >= 0.3 is 0 Å². The maximum atomic E-state index is 12.5. The second-order valence-corrected chi connectivity index (χ2v) is 5.69. The molecule has 7 heteroatoms. The minimum atomic E-state index is -0.0698. The molecular formula is C16H25N5O2. The van der Waals surface area contributed by atoms with Crippen LogP contribution in [0.1, 0.15) is 37.0 Å². The quantitative estimate of drug-likeness (QED) is 0.702. The lowest BCUT2D eigenvalue weighted by molar-refractivity contribution is -0.119. The van der Waals surface area contributed by atoms with Crippen molar-refractivity contribution in [2.75, 3.05) is 44.2 Å². The van der Waals surface area contributed by atoms with Gasteiger partial charge in [-0.1, -0.05) is 13.8 Å². The summed E-state index contributed by atoms with van der Waals surface area (Å²) in [5.74, 6) is 0.607. The van der Waals surface area contributed by atoms with Crippen molar-refractivity contribution in [1.82, 2.24) is 19.8 Å². The highest BCUT2D eigenvalue weighted by Crippen LogP contribution is 2.11. The zero-order valence-corrected chi connectivity index (χ0v) is 13.9. The van der Waals surface area contributed by atoms with Crippen molar-refractivity contribution in [3.8, 4) is 0 Å². The third kappa shape index (κ3) is 4.40. The molecule has 1 aliphatic heterocycles. The summed E-state index contributed by atoms with van der Waals surface area (Å²) in [4.78, 5) is 37.5. The monoisotopic (exact) mass is 319 g/mol. The summed E-state index contributed by atoms with van der Waals surface area (Å²) in [6.07, 6.45) is 6.11. The molecule has 2 heterocycles. The van der Waals surface area contributed by atoms with E-state index >= 15 is 0 Å². The molecule has 2 amide bonds. The Labute approximate surface area is 137 Å². The van der Waals surface area contributed by atoms with Crippen molar-refractivity contribution < 1.29 is 9.59 Å². The van der Waals surface area contributed by atoms with Crippen LogP contribution in [-0.4, -0.2) is 71.4 Å². The lowest BCUT2D eigenvalue weighted by Crippen LogP contribution is -2.48. The van der Waals surface area contributed by atoms with Crippen molar-refractivity contribution in [3.63, 3.8) is 0 Å². The molecule has 2 rings (SSSR count). The highest BCUT2D eigenvalue weighted by molar-refractivity contribution is 5.93. The van der Waals surface area contributed by atoms with Crippen LogP contribution in [0.25, 0.3) is 0 Å². The van der Waals surface area contributed by atoms with Crippen LogP contribution >= 0.6 is 0 Å². The van der Waals surface area contributed by atoms with E-state index < -0.39 is 0 Å². The molecule has 0 aromatic carbocycles. The molecule has 7 nitrogen and oxygen atoms in total. The molecule has 1 fully saturated rings. The lowest BCUT2D eigenvalue weighted by atomic mass is 10.2. The second kappa shape index (κ2) is 8.45. The predicted octanol–water partition coefficient (Wildman–Crippen LogP) is 1.02. The van der Waals surface area contributed by atoms with Crippen molar-refractivity contribution in [2.45, 2.75) is 26.7 Å². The summed E-state index contributed by atoms with van der Waals surface area (Å²) in [6.45, 7) is 8.33. The third-order valence-corrected chi connectivity index (χ3v) is 3.91. The van der Waals surface area contributed by atoms with E-state index in [0.29, 0.717) is 37.7 Å². The Morgan fingerprint density at radius 1 is 1.13 bits per heavy atom. The van der Waals surface area contributed by atoms with Crippen LogP contribution in [0.15, 0.2) is 12.4 Å². The molecular weight excluding hydrogens is 294 g/mol. The summed E-state index contributed by atoms with van der Waals surface area (Å²) in [7, 11) is 0. The number of carbonyl (C=O) groups excluding carboxylic acids is 2. The average Bonchev–Trinajstić information content (AvgIpc) is 2.61. The van der Waals surface area contributed by atoms with Gasteiger partial charge < -0.3 is 14.7 Å². The molecule has 0 unspecified atom stereocenters. The summed E-state index contributed by atoms with van der Waals surface area (Å²) < 4.78 is 0. The molecule has 0 atom stereocenters. The highest BCUT2D eigenvalue weighted by atomic mass is 16.2. The topological polar surface area (TPSA) is 69.6 Å². The number of carbonyl (C=O) groups is 2. The molecule has 0 saturated carbocycles. The van der Waals surface area contributed by atoms with Crippen LogP contribution in [0.2, 0.25) is 0 Å². The minimum Gasteiger partial charge on any atom is -0.342 e. The third-order valence-electron chi connectivity index (χ3n) is 3.91. The van der Waals surface area contributed by atoms with E-state index in [9.17, 15) is 9.59 Å². The van der Waals surface area contributed by atoms with E-state index in [2.05, 4.69) is 28.7 Å². The van der Waals surface area contributed by atoms with Crippen LogP contribution in [0, 0.1) is 0 Å². The molecule has 0 radical (unpaired) electrons. The average molecular weight is 319 g/mol. The Morgan fingerprint density at radius 3 is 2.17 bits per heavy atom. The fourth-order valence-corrected chi connectivity index (χ4v) is 2.66. The van der Waals surface area contributed by atoms with Gasteiger partial charge in [0, 0.05) is 51.7 Å². The minimum absolute atomic E-state index is 0.0698. The van der Waals surface area contributed by atoms with E-state index in [4.69, 9.17) is 0 Å². The van der Waals surface area contributed by atoms with Gasteiger partial charge in [-0.2, -0.15) is 0 Å². The van der Waals surface area contributed by atoms with Crippen LogP contribution in [0.5, 0.6) is 0 Å². The van der Waals surface area contributed by atoms with Gasteiger partial charge in [-0.25, -0.2) is 9.97 Å². The van der Waals surface area contributed by atoms with Crippen LogP contribution in [-0.2, 0) is 4.79 Å². The van der Waals surface area contributed by atoms with Crippen molar-refractivity contribution >= 4 is 18.3 Å². The van der Waals surface area contributed by atoms with Gasteiger partial charge in [0.2, 0.25) is 12.4 Å². The smallest absolute Gasteiger partial charge is 0.257 e. The van der Waals surface area contributed by atoms with Gasteiger partial charge in [0.1, 0.15) is 0 Å². The Balaban J connectivity index is 2.01. The Kier molecular flexibility index (Phi) is 6.31. The Bertz CT molecular complexity index is 506. The van der Waals surface area contributed by atoms with Gasteiger partial charge in [-0.15, -0.1) is 0 Å². The molecule has 0 bridgehead atoms. The highest BCUT2D eigenvalue weighted by Gasteiger charge is 2.22. The van der Waals surface area contributed by atoms with Gasteiger partial charge in [0.05, 0.1) is 5.56 Å². The van der Waals surface area contributed by atoms with Gasteiger partial charge in [-0.05, 0) is 12.8 Å². The standard InChI is InChI=1S/C16H25N5O2/c1-3-5-21(6-4-2)16-17-11-14(12-18-16)15(23)20-9-7-19(13-22)8-10-20/h11-13H,3-10H2,1-2H3. The number of nitrogens with zero attached hydrogens (tertiary/aromatic N) is 5. The first-order valence-electron chi connectivity index (χ1n) is 8.25. The molecule has 23 heavy (non-hydrogen) atoms. The summed E-state index contributed by atoms with van der Waals surface area (Å²) in [5.41, 5.74) is 0.501. The molecule has 0 spiro atoms. The van der Waals surface area contributed by atoms with E-state index in [-0.39, 0.29) is 5.91 Å². The molecule has 1 saturated heterocycles. The maximum Gasteiger partial charge on any atom is 0.257 e. The molecule has 1 aromatic heterocycles. The summed E-state index contributed by atoms with van der Waals surface area (Å²) in [6, 6.07) is 0. The first-order valence-corrected chi connectivity index (χ1v) is 8.25. The number of rotatable bonds is 7. The van der Waals surface area contributed by atoms with E-state index in [0.717, 1.165) is 32.3 Å². The second-order valence-electron chi connectivity index (χ2n) is 5.69. The predicted molar refractivity (Wildman–Crippen MR) is 88.4 cm³/mol. The van der Waals surface area contributed by atoms with Crippen LogP contribution in [0.3, 0.4) is 0 Å². The number of piperazine rings is 1. The number of hydrogen-bond acceptors (Lipinski definition) is 5. The van der Waals surface area contributed by atoms with E-state index in [1.807, 2.05) is 0 Å². The summed E-state index contributed by atoms with van der Waals surface area (Å²) >= 11 is 0. The van der Waals surface area contributed by atoms with E-state index in [1.54, 1.807) is 22.2 Å². The van der Waals surface area contributed by atoms with Gasteiger partial charge in [0.15, 0.2) is 0 Å². The fourth-order valence-electron chi connectivity index (χ4n) is 2.66. The van der Waals surface area contributed by atoms with Crippen LogP contribution in [0.4, 0.5) is 5.95 Å². The first kappa shape index (κ1) is 17.2. The molecule has 0 N–H and O–H groups in total. The fraction of sp³-hybridized carbons (Fsp3) is 0.625. The zero-order valence-electron chi connectivity index (χ0n) is 13.9. The van der Waals surface area contributed by atoms with E-state index in [1.165, 1.54) is 0 Å². The molecule has 126 valence electrons. The number of anilines is 1. The van der Waals surface area contributed by atoms with Crippen LogP contribution < -0.4 is 4.90 Å². The first-order chi connectivity index (χ1) is 11.2. The SMILES string of the molecule is CCCN(CCC)c1ncc(C(=O)N2CCN(C=O)CC2)cn1. The Hall–Kier alpha value is -2.18. The molecule has 0 aliphatic carbocycles. The van der Waals surface area contributed by atoms with Crippen molar-refractivity contribution in [3.05, 3.63) is 18.0 Å². The molecule has 1 aliphatic rings. The molecule has 1 aromatic rings. The lowest BCUT2D eigenvalue weighted by Gasteiger charge is -2.32. The van der Waals surface area contributed by atoms with Crippen molar-refractivity contribution in [2.24, 2.45) is 0 Å². The zero-order chi connectivity index (χ0) is 16.7. The van der Waals surface area contributed by atoms with Crippen molar-refractivity contribution in [1.29, 1.82) is 0 Å². The van der Waals surface area contributed by atoms with Gasteiger partial charge in [0.25, 0.3) is 5.91 Å². The summed E-state index contributed by atoms with van der Waals surface area (Å²) in [5, 5.41) is 0.